The number of nitrogen functional groups attached to an aromatic ring is 1. The van der Waals surface area contributed by atoms with Crippen LogP contribution in [0, 0.1) is 0 Å². The van der Waals surface area contributed by atoms with Crippen molar-refractivity contribution in [2.75, 3.05) is 5.73 Å². The predicted octanol–water partition coefficient (Wildman–Crippen LogP) is 1.57. The number of nitrogens with one attached hydrogen (secondary N) is 2. The number of H-pyrrole nitrogens is 1. The fourth-order valence-corrected chi connectivity index (χ4v) is 2.64. The third-order valence-corrected chi connectivity index (χ3v) is 4.23. The van der Waals surface area contributed by atoms with Crippen LogP contribution in [0.4, 0.5) is 5.13 Å². The van der Waals surface area contributed by atoms with Crippen molar-refractivity contribution in [2.45, 2.75) is 19.4 Å². The highest BCUT2D eigenvalue weighted by molar-refractivity contribution is 7.15. The minimum Gasteiger partial charge on any atom is -0.374 e. The Morgan fingerprint density at radius 1 is 1.30 bits per heavy atom. The molecule has 9 heteroatoms. The standard InChI is InChI=1S/C14H15N7OS/c1-14(2,12-20-21-13(15)23-12)17-11(22)10-7-9(18-19-10)8-5-3-4-6-16-8/h3-7H,1-2H3,(H2,15,21)(H,17,22)(H,18,19). The number of carbonyl (C=O) groups excluding carboxylic acids is 1. The topological polar surface area (TPSA) is 122 Å². The van der Waals surface area contributed by atoms with Gasteiger partial charge in [0.2, 0.25) is 5.13 Å². The van der Waals surface area contributed by atoms with E-state index in [-0.39, 0.29) is 5.91 Å². The van der Waals surface area contributed by atoms with Crippen LogP contribution in [0.3, 0.4) is 0 Å². The molecule has 0 fully saturated rings. The molecule has 4 N–H and O–H groups in total. The zero-order chi connectivity index (χ0) is 16.4. The number of nitrogens with zero attached hydrogens (tertiary/aromatic N) is 4. The van der Waals surface area contributed by atoms with Crippen molar-refractivity contribution in [1.29, 1.82) is 0 Å². The van der Waals surface area contributed by atoms with Crippen molar-refractivity contribution < 1.29 is 4.79 Å². The molecule has 0 saturated heterocycles. The highest BCUT2D eigenvalue weighted by Crippen LogP contribution is 2.25. The van der Waals surface area contributed by atoms with Gasteiger partial charge >= 0.3 is 0 Å². The molecule has 0 bridgehead atoms. The van der Waals surface area contributed by atoms with Crippen LogP contribution in [-0.4, -0.2) is 31.3 Å². The van der Waals surface area contributed by atoms with E-state index in [9.17, 15) is 4.79 Å². The predicted molar refractivity (Wildman–Crippen MR) is 86.6 cm³/mol. The van der Waals surface area contributed by atoms with Gasteiger partial charge < -0.3 is 11.1 Å². The average Bonchev–Trinajstić information content (AvgIpc) is 3.17. The fraction of sp³-hybridized carbons (Fsp3) is 0.214. The number of hydrogen-bond donors (Lipinski definition) is 3. The lowest BCUT2D eigenvalue weighted by Gasteiger charge is -2.22. The molecule has 0 aliphatic rings. The van der Waals surface area contributed by atoms with Gasteiger partial charge in [-0.3, -0.25) is 14.9 Å². The number of amides is 1. The number of rotatable bonds is 4. The summed E-state index contributed by atoms with van der Waals surface area (Å²) < 4.78 is 0. The zero-order valence-electron chi connectivity index (χ0n) is 12.6. The highest BCUT2D eigenvalue weighted by atomic mass is 32.1. The van der Waals surface area contributed by atoms with Crippen molar-refractivity contribution >= 4 is 22.4 Å². The van der Waals surface area contributed by atoms with Gasteiger partial charge in [0, 0.05) is 6.20 Å². The molecule has 0 spiro atoms. The van der Waals surface area contributed by atoms with Gasteiger partial charge in [0.1, 0.15) is 16.4 Å². The van der Waals surface area contributed by atoms with E-state index in [1.165, 1.54) is 11.3 Å². The van der Waals surface area contributed by atoms with Crippen molar-refractivity contribution in [3.8, 4) is 11.4 Å². The van der Waals surface area contributed by atoms with Gasteiger partial charge in [-0.1, -0.05) is 17.4 Å². The first-order valence-corrected chi connectivity index (χ1v) is 7.66. The summed E-state index contributed by atoms with van der Waals surface area (Å²) in [6.07, 6.45) is 1.67. The van der Waals surface area contributed by atoms with Crippen LogP contribution < -0.4 is 11.1 Å². The number of aromatic nitrogens is 5. The number of nitrogens with two attached hydrogens (primary N) is 1. The van der Waals surface area contributed by atoms with E-state index in [1.807, 2.05) is 32.0 Å². The third kappa shape index (κ3) is 3.19. The first kappa shape index (κ1) is 15.1. The maximum Gasteiger partial charge on any atom is 0.270 e. The molecular weight excluding hydrogens is 314 g/mol. The summed E-state index contributed by atoms with van der Waals surface area (Å²) >= 11 is 1.24. The fourth-order valence-electron chi connectivity index (χ4n) is 1.98. The van der Waals surface area contributed by atoms with E-state index >= 15 is 0 Å². The molecule has 0 aromatic carbocycles. The van der Waals surface area contributed by atoms with E-state index < -0.39 is 5.54 Å². The summed E-state index contributed by atoms with van der Waals surface area (Å²) in [4.78, 5) is 16.6. The van der Waals surface area contributed by atoms with Crippen LogP contribution in [0.5, 0.6) is 0 Å². The first-order chi connectivity index (χ1) is 11.0. The van der Waals surface area contributed by atoms with E-state index in [4.69, 9.17) is 5.73 Å². The van der Waals surface area contributed by atoms with Crippen molar-refractivity contribution in [3.05, 3.63) is 41.2 Å². The summed E-state index contributed by atoms with van der Waals surface area (Å²) in [6.45, 7) is 3.67. The molecule has 118 valence electrons. The minimum atomic E-state index is -0.692. The average molecular weight is 329 g/mol. The molecule has 0 radical (unpaired) electrons. The Balaban J connectivity index is 1.78. The first-order valence-electron chi connectivity index (χ1n) is 6.84. The highest BCUT2D eigenvalue weighted by Gasteiger charge is 2.28. The Kier molecular flexibility index (Phi) is 3.78. The Labute approximate surface area is 136 Å². The number of hydrogen-bond acceptors (Lipinski definition) is 7. The Bertz CT molecular complexity index is 825. The van der Waals surface area contributed by atoms with Gasteiger partial charge in [-0.05, 0) is 32.0 Å². The molecule has 3 heterocycles. The molecule has 23 heavy (non-hydrogen) atoms. The van der Waals surface area contributed by atoms with Crippen LogP contribution in [0.25, 0.3) is 11.4 Å². The molecule has 0 atom stereocenters. The van der Waals surface area contributed by atoms with Gasteiger partial charge in [-0.2, -0.15) is 5.10 Å². The van der Waals surface area contributed by atoms with E-state index in [0.29, 0.717) is 27.2 Å². The third-order valence-electron chi connectivity index (χ3n) is 3.15. The van der Waals surface area contributed by atoms with Crippen molar-refractivity contribution in [1.82, 2.24) is 30.7 Å². The molecule has 3 aromatic heterocycles. The molecule has 1 amide bonds. The van der Waals surface area contributed by atoms with Gasteiger partial charge in [0.15, 0.2) is 0 Å². The van der Waals surface area contributed by atoms with Crippen LogP contribution in [0.15, 0.2) is 30.5 Å². The van der Waals surface area contributed by atoms with Crippen molar-refractivity contribution in [3.63, 3.8) is 0 Å². The summed E-state index contributed by atoms with van der Waals surface area (Å²) in [5.41, 5.74) is 6.54. The quantitative estimate of drug-likeness (QED) is 0.668. The monoisotopic (exact) mass is 329 g/mol. The van der Waals surface area contributed by atoms with Gasteiger partial charge in [0.25, 0.3) is 5.91 Å². The van der Waals surface area contributed by atoms with Gasteiger partial charge in [-0.15, -0.1) is 10.2 Å². The number of anilines is 1. The Morgan fingerprint density at radius 2 is 2.13 bits per heavy atom. The number of carbonyl (C=O) groups is 1. The lowest BCUT2D eigenvalue weighted by Crippen LogP contribution is -2.41. The normalized spacial score (nSPS) is 11.4. The van der Waals surface area contributed by atoms with Crippen LogP contribution in [0.2, 0.25) is 0 Å². The lowest BCUT2D eigenvalue weighted by atomic mass is 10.1. The zero-order valence-corrected chi connectivity index (χ0v) is 13.4. The second kappa shape index (κ2) is 5.76. The Morgan fingerprint density at radius 3 is 2.78 bits per heavy atom. The second-order valence-corrected chi connectivity index (χ2v) is 6.42. The molecule has 0 unspecified atom stereocenters. The molecule has 0 aliphatic heterocycles. The summed E-state index contributed by atoms with van der Waals surface area (Å²) in [6, 6.07) is 7.16. The summed E-state index contributed by atoms with van der Waals surface area (Å²) in [7, 11) is 0. The summed E-state index contributed by atoms with van der Waals surface area (Å²) in [5, 5.41) is 18.5. The Hall–Kier alpha value is -2.81. The van der Waals surface area contributed by atoms with E-state index in [0.717, 1.165) is 0 Å². The number of aromatic amines is 1. The summed E-state index contributed by atoms with van der Waals surface area (Å²) in [5.74, 6) is -0.293. The van der Waals surface area contributed by atoms with Crippen LogP contribution in [0.1, 0.15) is 29.3 Å². The molecule has 0 aliphatic carbocycles. The maximum atomic E-state index is 12.4. The van der Waals surface area contributed by atoms with Crippen LogP contribution >= 0.6 is 11.3 Å². The number of pyridine rings is 1. The van der Waals surface area contributed by atoms with Gasteiger partial charge in [0.05, 0.1) is 11.2 Å². The molecule has 3 aromatic rings. The molecule has 8 nitrogen and oxygen atoms in total. The second-order valence-electron chi connectivity index (χ2n) is 5.41. The van der Waals surface area contributed by atoms with Crippen molar-refractivity contribution in [2.24, 2.45) is 0 Å². The van der Waals surface area contributed by atoms with E-state index in [1.54, 1.807) is 12.3 Å². The molecule has 0 saturated carbocycles. The lowest BCUT2D eigenvalue weighted by molar-refractivity contribution is 0.0906. The smallest absolute Gasteiger partial charge is 0.270 e. The van der Waals surface area contributed by atoms with E-state index in [2.05, 4.69) is 30.7 Å². The SMILES string of the molecule is CC(C)(NC(=O)c1cc(-c2ccccn2)n[nH]1)c1nnc(N)s1. The molecule has 3 rings (SSSR count). The minimum absolute atomic E-state index is 0.293. The largest absolute Gasteiger partial charge is 0.374 e. The van der Waals surface area contributed by atoms with Crippen LogP contribution in [-0.2, 0) is 5.54 Å². The maximum absolute atomic E-state index is 12.4. The molecular formula is C14H15N7OS. The van der Waals surface area contributed by atoms with Gasteiger partial charge in [-0.25, -0.2) is 0 Å².